The van der Waals surface area contributed by atoms with E-state index in [4.69, 9.17) is 16.7 Å². The van der Waals surface area contributed by atoms with Gasteiger partial charge >= 0.3 is 5.97 Å². The predicted octanol–water partition coefficient (Wildman–Crippen LogP) is 1.54. The molecular formula is C10H12ClNO4S. The highest BCUT2D eigenvalue weighted by Gasteiger charge is 2.19. The number of hydrogen-bond donors (Lipinski definition) is 2. The van der Waals surface area contributed by atoms with Crippen LogP contribution in [0.25, 0.3) is 0 Å². The van der Waals surface area contributed by atoms with Crippen molar-refractivity contribution in [3.8, 4) is 0 Å². The maximum Gasteiger partial charge on any atom is 0.334 e. The second-order valence-electron chi connectivity index (χ2n) is 3.33. The van der Waals surface area contributed by atoms with Gasteiger partial charge in [-0.3, -0.25) is 4.79 Å². The largest absolute Gasteiger partial charge is 0.479 e. The lowest BCUT2D eigenvalue weighted by molar-refractivity contribution is -0.147. The van der Waals surface area contributed by atoms with Gasteiger partial charge in [-0.15, -0.1) is 11.3 Å². The number of carboxylic acids is 1. The summed E-state index contributed by atoms with van der Waals surface area (Å²) in [7, 11) is 1.27. The van der Waals surface area contributed by atoms with Crippen LogP contribution in [0.15, 0.2) is 5.38 Å². The zero-order valence-electron chi connectivity index (χ0n) is 9.32. The molecule has 0 radical (unpaired) electrons. The molecule has 0 fully saturated rings. The van der Waals surface area contributed by atoms with Gasteiger partial charge in [0, 0.05) is 7.11 Å². The van der Waals surface area contributed by atoms with Crippen molar-refractivity contribution in [1.82, 2.24) is 5.32 Å². The third-order valence-electron chi connectivity index (χ3n) is 2.11. The van der Waals surface area contributed by atoms with Gasteiger partial charge in [0.25, 0.3) is 5.91 Å². The molecule has 0 aliphatic rings. The number of carbonyl (C=O) groups excluding carboxylic acids is 1. The monoisotopic (exact) mass is 277 g/mol. The van der Waals surface area contributed by atoms with Crippen LogP contribution in [0, 0.1) is 6.92 Å². The van der Waals surface area contributed by atoms with Crippen molar-refractivity contribution in [3.05, 3.63) is 20.8 Å². The highest BCUT2D eigenvalue weighted by Crippen LogP contribution is 2.26. The standard InChI is InChI=1S/C10H12ClNO4S/c1-5-4-17-8(7(5)11)9(13)12-3-6(16-2)10(14)15/h4,6H,3H2,1-2H3,(H,12,13)(H,14,15). The minimum absolute atomic E-state index is 0.0993. The Morgan fingerprint density at radius 2 is 2.29 bits per heavy atom. The molecule has 1 unspecified atom stereocenters. The molecule has 7 heteroatoms. The van der Waals surface area contributed by atoms with Crippen LogP contribution in [-0.4, -0.2) is 36.7 Å². The summed E-state index contributed by atoms with van der Waals surface area (Å²) in [6.07, 6.45) is -1.06. The molecule has 0 saturated heterocycles. The summed E-state index contributed by atoms with van der Waals surface area (Å²) in [5, 5.41) is 13.3. The summed E-state index contributed by atoms with van der Waals surface area (Å²) < 4.78 is 4.69. The smallest absolute Gasteiger partial charge is 0.334 e. The van der Waals surface area contributed by atoms with E-state index in [1.165, 1.54) is 18.4 Å². The number of nitrogens with one attached hydrogen (secondary N) is 1. The first-order valence-electron chi connectivity index (χ1n) is 4.74. The van der Waals surface area contributed by atoms with Gasteiger partial charge < -0.3 is 15.2 Å². The number of ether oxygens (including phenoxy) is 1. The molecule has 1 amide bonds. The Bertz CT molecular complexity index is 432. The van der Waals surface area contributed by atoms with Crippen LogP contribution >= 0.6 is 22.9 Å². The molecule has 0 aliphatic heterocycles. The summed E-state index contributed by atoms with van der Waals surface area (Å²) in [5.74, 6) is -1.52. The molecule has 1 heterocycles. The zero-order valence-corrected chi connectivity index (χ0v) is 10.9. The van der Waals surface area contributed by atoms with Gasteiger partial charge in [0.2, 0.25) is 0 Å². The van der Waals surface area contributed by atoms with Crippen LogP contribution in [0.2, 0.25) is 5.02 Å². The van der Waals surface area contributed by atoms with Crippen LogP contribution < -0.4 is 5.32 Å². The number of methoxy groups -OCH3 is 1. The van der Waals surface area contributed by atoms with Crippen molar-refractivity contribution in [2.24, 2.45) is 0 Å². The molecule has 1 aromatic heterocycles. The van der Waals surface area contributed by atoms with E-state index in [2.05, 4.69) is 10.1 Å². The topological polar surface area (TPSA) is 75.6 Å². The SMILES string of the molecule is COC(CNC(=O)c1scc(C)c1Cl)C(=O)O. The molecule has 0 aromatic carbocycles. The lowest BCUT2D eigenvalue weighted by Crippen LogP contribution is -2.37. The molecule has 1 aromatic rings. The lowest BCUT2D eigenvalue weighted by atomic mass is 10.3. The number of halogens is 1. The Morgan fingerprint density at radius 3 is 2.71 bits per heavy atom. The summed E-state index contributed by atoms with van der Waals surface area (Å²) in [5.41, 5.74) is 0.823. The number of carbonyl (C=O) groups is 2. The van der Waals surface area contributed by atoms with Crippen LogP contribution in [0.5, 0.6) is 0 Å². The number of carboxylic acid groups (broad SMARTS) is 1. The highest BCUT2D eigenvalue weighted by molar-refractivity contribution is 7.13. The number of rotatable bonds is 5. The minimum Gasteiger partial charge on any atom is -0.479 e. The molecule has 1 atom stereocenters. The van der Waals surface area contributed by atoms with E-state index in [-0.39, 0.29) is 6.54 Å². The van der Waals surface area contributed by atoms with Crippen LogP contribution in [0.1, 0.15) is 15.2 Å². The number of aryl methyl sites for hydroxylation is 1. The molecule has 5 nitrogen and oxygen atoms in total. The zero-order chi connectivity index (χ0) is 13.0. The van der Waals surface area contributed by atoms with Crippen molar-refractivity contribution >= 4 is 34.8 Å². The van der Waals surface area contributed by atoms with Crippen molar-refractivity contribution in [3.63, 3.8) is 0 Å². The lowest BCUT2D eigenvalue weighted by Gasteiger charge is -2.10. The third kappa shape index (κ3) is 3.42. The average Bonchev–Trinajstić information content (AvgIpc) is 2.60. The second-order valence-corrected chi connectivity index (χ2v) is 4.59. The summed E-state index contributed by atoms with van der Waals surface area (Å²) in [6.45, 7) is 1.70. The minimum atomic E-state index is -1.12. The van der Waals surface area contributed by atoms with E-state index in [0.29, 0.717) is 9.90 Å². The van der Waals surface area contributed by atoms with Crippen LogP contribution in [0.3, 0.4) is 0 Å². The van der Waals surface area contributed by atoms with E-state index in [9.17, 15) is 9.59 Å². The molecule has 0 spiro atoms. The maximum absolute atomic E-state index is 11.7. The van der Waals surface area contributed by atoms with Gasteiger partial charge in [0.15, 0.2) is 6.10 Å². The quantitative estimate of drug-likeness (QED) is 0.856. The van der Waals surface area contributed by atoms with Gasteiger partial charge in [0.05, 0.1) is 11.6 Å². The fourth-order valence-electron chi connectivity index (χ4n) is 1.12. The van der Waals surface area contributed by atoms with Gasteiger partial charge in [-0.1, -0.05) is 11.6 Å². The number of aliphatic carboxylic acids is 1. The first kappa shape index (κ1) is 14.0. The van der Waals surface area contributed by atoms with E-state index in [1.54, 1.807) is 12.3 Å². The van der Waals surface area contributed by atoms with Crippen molar-refractivity contribution in [1.29, 1.82) is 0 Å². The molecule has 1 rings (SSSR count). The van der Waals surface area contributed by atoms with Crippen molar-refractivity contribution in [2.45, 2.75) is 13.0 Å². The van der Waals surface area contributed by atoms with Gasteiger partial charge in [-0.2, -0.15) is 0 Å². The fraction of sp³-hybridized carbons (Fsp3) is 0.400. The number of hydrogen-bond acceptors (Lipinski definition) is 4. The summed E-state index contributed by atoms with van der Waals surface area (Å²) in [6, 6.07) is 0. The van der Waals surface area contributed by atoms with E-state index >= 15 is 0 Å². The van der Waals surface area contributed by atoms with Crippen LogP contribution in [-0.2, 0) is 9.53 Å². The molecular weight excluding hydrogens is 266 g/mol. The number of amides is 1. The van der Waals surface area contributed by atoms with Crippen LogP contribution in [0.4, 0.5) is 0 Å². The molecule has 17 heavy (non-hydrogen) atoms. The Hall–Kier alpha value is -1.11. The molecule has 0 bridgehead atoms. The maximum atomic E-state index is 11.7. The second kappa shape index (κ2) is 6.00. The fourth-order valence-corrected chi connectivity index (χ4v) is 2.32. The first-order valence-corrected chi connectivity index (χ1v) is 6.00. The highest BCUT2D eigenvalue weighted by atomic mass is 35.5. The Morgan fingerprint density at radius 1 is 1.65 bits per heavy atom. The van der Waals surface area contributed by atoms with Crippen molar-refractivity contribution in [2.75, 3.05) is 13.7 Å². The summed E-state index contributed by atoms with van der Waals surface area (Å²) >= 11 is 7.14. The average molecular weight is 278 g/mol. The normalized spacial score (nSPS) is 12.2. The summed E-state index contributed by atoms with van der Waals surface area (Å²) in [4.78, 5) is 22.7. The third-order valence-corrected chi connectivity index (χ3v) is 3.81. The molecule has 2 N–H and O–H groups in total. The number of thiophene rings is 1. The molecule has 94 valence electrons. The predicted molar refractivity (Wildman–Crippen MR) is 64.8 cm³/mol. The van der Waals surface area contributed by atoms with E-state index in [1.807, 2.05) is 0 Å². The molecule has 0 aliphatic carbocycles. The van der Waals surface area contributed by atoms with Gasteiger partial charge in [-0.25, -0.2) is 4.79 Å². The van der Waals surface area contributed by atoms with E-state index < -0.39 is 18.0 Å². The molecule has 0 saturated carbocycles. The Balaban J connectivity index is 2.61. The van der Waals surface area contributed by atoms with Gasteiger partial charge in [-0.05, 0) is 17.9 Å². The van der Waals surface area contributed by atoms with Gasteiger partial charge in [0.1, 0.15) is 4.88 Å². The first-order chi connectivity index (χ1) is 7.97. The Labute approximate surface area is 107 Å². The van der Waals surface area contributed by atoms with Crippen molar-refractivity contribution < 1.29 is 19.4 Å². The Kier molecular flexibility index (Phi) is 4.92. The van der Waals surface area contributed by atoms with E-state index in [0.717, 1.165) is 5.56 Å².